The summed E-state index contributed by atoms with van der Waals surface area (Å²) >= 11 is 0. The summed E-state index contributed by atoms with van der Waals surface area (Å²) in [7, 11) is 1.84. The van der Waals surface area contributed by atoms with E-state index < -0.39 is 0 Å². The Balaban J connectivity index is 1.51. The van der Waals surface area contributed by atoms with Crippen molar-refractivity contribution in [2.24, 2.45) is 5.92 Å². The van der Waals surface area contributed by atoms with Crippen LogP contribution in [-0.2, 0) is 6.54 Å². The molecule has 1 aliphatic rings. The van der Waals surface area contributed by atoms with Crippen LogP contribution in [0.2, 0.25) is 0 Å². The molecule has 1 saturated heterocycles. The van der Waals surface area contributed by atoms with Gasteiger partial charge in [-0.2, -0.15) is 15.4 Å². The van der Waals surface area contributed by atoms with E-state index in [1.807, 2.05) is 13.1 Å². The van der Waals surface area contributed by atoms with E-state index in [1.54, 1.807) is 11.8 Å². The highest BCUT2D eigenvalue weighted by atomic mass is 16.2. The molecule has 1 N–H and O–H groups in total. The number of rotatable bonds is 5. The number of nitrogens with zero attached hydrogens (tertiary/aromatic N) is 4. The predicted octanol–water partition coefficient (Wildman–Crippen LogP) is 1.71. The number of aromatic nitrogens is 3. The lowest BCUT2D eigenvalue weighted by Crippen LogP contribution is -2.33. The second kappa shape index (κ2) is 6.91. The number of benzene rings is 1. The fraction of sp³-hybridized carbons (Fsp3) is 0.471. The van der Waals surface area contributed by atoms with E-state index in [4.69, 9.17) is 0 Å². The molecule has 0 radical (unpaired) electrons. The van der Waals surface area contributed by atoms with Crippen molar-refractivity contribution < 1.29 is 4.79 Å². The van der Waals surface area contributed by atoms with Crippen LogP contribution < -0.4 is 0 Å². The summed E-state index contributed by atoms with van der Waals surface area (Å²) in [6.07, 6.45) is 1.13. The maximum Gasteiger partial charge on any atom is 0.276 e. The summed E-state index contributed by atoms with van der Waals surface area (Å²) in [5.41, 5.74) is 2.42. The molecule has 6 heteroatoms. The molecule has 1 fully saturated rings. The van der Waals surface area contributed by atoms with E-state index in [-0.39, 0.29) is 5.91 Å². The second-order valence-electron chi connectivity index (χ2n) is 6.32. The molecule has 6 nitrogen and oxygen atoms in total. The van der Waals surface area contributed by atoms with E-state index in [0.29, 0.717) is 17.3 Å². The van der Waals surface area contributed by atoms with Gasteiger partial charge in [-0.05, 0) is 31.4 Å². The molecule has 1 amide bonds. The summed E-state index contributed by atoms with van der Waals surface area (Å²) in [5.74, 6) is 0.456. The molecule has 23 heavy (non-hydrogen) atoms. The van der Waals surface area contributed by atoms with Gasteiger partial charge in [0.1, 0.15) is 0 Å². The van der Waals surface area contributed by atoms with Crippen LogP contribution in [0.25, 0.3) is 0 Å². The fourth-order valence-corrected chi connectivity index (χ4v) is 3.18. The Bertz CT molecular complexity index is 654. The molecule has 1 unspecified atom stereocenters. The first-order valence-electron chi connectivity index (χ1n) is 8.02. The Hall–Kier alpha value is -2.21. The van der Waals surface area contributed by atoms with Gasteiger partial charge in [-0.15, -0.1) is 0 Å². The van der Waals surface area contributed by atoms with Crippen molar-refractivity contribution >= 4 is 5.91 Å². The normalized spacial score (nSPS) is 18.3. The van der Waals surface area contributed by atoms with Gasteiger partial charge in [-0.3, -0.25) is 9.69 Å². The monoisotopic (exact) mass is 313 g/mol. The molecule has 1 aliphatic heterocycles. The van der Waals surface area contributed by atoms with Crippen molar-refractivity contribution in [3.8, 4) is 0 Å². The van der Waals surface area contributed by atoms with E-state index in [9.17, 15) is 4.79 Å². The molecule has 0 spiro atoms. The molecule has 0 saturated carbocycles. The van der Waals surface area contributed by atoms with Crippen LogP contribution in [-0.4, -0.2) is 57.8 Å². The minimum Gasteiger partial charge on any atom is -0.340 e. The third kappa shape index (κ3) is 3.76. The molecule has 2 aromatic rings. The highest BCUT2D eigenvalue weighted by molar-refractivity contribution is 5.92. The molecule has 0 bridgehead atoms. The highest BCUT2D eigenvalue weighted by Gasteiger charge is 2.26. The molecule has 2 heterocycles. The van der Waals surface area contributed by atoms with Crippen LogP contribution >= 0.6 is 0 Å². The lowest BCUT2D eigenvalue weighted by atomic mass is 10.1. The Morgan fingerprint density at radius 1 is 1.35 bits per heavy atom. The van der Waals surface area contributed by atoms with Crippen molar-refractivity contribution in [2.75, 3.05) is 26.7 Å². The van der Waals surface area contributed by atoms with Gasteiger partial charge in [0.05, 0.1) is 5.69 Å². The van der Waals surface area contributed by atoms with Gasteiger partial charge >= 0.3 is 0 Å². The molecular weight excluding hydrogens is 290 g/mol. The van der Waals surface area contributed by atoms with E-state index in [0.717, 1.165) is 32.6 Å². The maximum atomic E-state index is 12.4. The van der Waals surface area contributed by atoms with Crippen LogP contribution in [0, 0.1) is 12.8 Å². The highest BCUT2D eigenvalue weighted by Crippen LogP contribution is 2.20. The molecular formula is C17H23N5O. The van der Waals surface area contributed by atoms with Gasteiger partial charge in [0.15, 0.2) is 5.69 Å². The van der Waals surface area contributed by atoms with Crippen molar-refractivity contribution in [3.63, 3.8) is 0 Å². The average molecular weight is 313 g/mol. The third-order valence-electron chi connectivity index (χ3n) is 4.42. The summed E-state index contributed by atoms with van der Waals surface area (Å²) in [5, 5.41) is 10.4. The van der Waals surface area contributed by atoms with Crippen molar-refractivity contribution in [1.29, 1.82) is 0 Å². The number of carbonyl (C=O) groups excluding carboxylic acids is 1. The van der Waals surface area contributed by atoms with Gasteiger partial charge in [-0.1, -0.05) is 30.3 Å². The van der Waals surface area contributed by atoms with E-state index >= 15 is 0 Å². The lowest BCUT2D eigenvalue weighted by Gasteiger charge is -2.21. The topological polar surface area (TPSA) is 65.1 Å². The number of H-pyrrole nitrogens is 1. The number of aromatic amines is 1. The van der Waals surface area contributed by atoms with E-state index in [1.165, 1.54) is 5.56 Å². The van der Waals surface area contributed by atoms with Crippen LogP contribution in [0.3, 0.4) is 0 Å². The Morgan fingerprint density at radius 3 is 2.83 bits per heavy atom. The summed E-state index contributed by atoms with van der Waals surface area (Å²) in [6.45, 7) is 5.66. The minimum absolute atomic E-state index is 0.0576. The van der Waals surface area contributed by atoms with Gasteiger partial charge in [0, 0.05) is 26.7 Å². The average Bonchev–Trinajstić information content (AvgIpc) is 3.16. The Labute approximate surface area is 136 Å². The molecule has 122 valence electrons. The standard InChI is InChI=1S/C17H23N5O/c1-13-16(19-20-18-13)17(23)21(2)10-15-8-9-22(12-15)11-14-6-4-3-5-7-14/h3-7,15H,8-12H2,1-2H3,(H,18,19,20). The molecule has 3 rings (SSSR count). The zero-order valence-corrected chi connectivity index (χ0v) is 13.7. The van der Waals surface area contributed by atoms with Crippen LogP contribution in [0.5, 0.6) is 0 Å². The predicted molar refractivity (Wildman–Crippen MR) is 87.9 cm³/mol. The van der Waals surface area contributed by atoms with Crippen LogP contribution in [0.4, 0.5) is 0 Å². The van der Waals surface area contributed by atoms with Gasteiger partial charge in [-0.25, -0.2) is 0 Å². The summed E-state index contributed by atoms with van der Waals surface area (Å²) < 4.78 is 0. The number of amides is 1. The van der Waals surface area contributed by atoms with E-state index in [2.05, 4.69) is 44.6 Å². The summed E-state index contributed by atoms with van der Waals surface area (Å²) in [4.78, 5) is 16.6. The maximum absolute atomic E-state index is 12.4. The quantitative estimate of drug-likeness (QED) is 0.912. The lowest BCUT2D eigenvalue weighted by molar-refractivity contribution is 0.0766. The first-order valence-corrected chi connectivity index (χ1v) is 8.02. The molecule has 1 aromatic heterocycles. The molecule has 1 atom stereocenters. The number of hydrogen-bond acceptors (Lipinski definition) is 4. The second-order valence-corrected chi connectivity index (χ2v) is 6.32. The van der Waals surface area contributed by atoms with Crippen LogP contribution in [0.15, 0.2) is 30.3 Å². The van der Waals surface area contributed by atoms with Crippen LogP contribution in [0.1, 0.15) is 28.2 Å². The SMILES string of the molecule is Cc1n[nH]nc1C(=O)N(C)CC1CCN(Cc2ccccc2)C1. The van der Waals surface area contributed by atoms with Crippen molar-refractivity contribution in [3.05, 3.63) is 47.3 Å². The van der Waals surface area contributed by atoms with Gasteiger partial charge in [0.25, 0.3) is 5.91 Å². The zero-order valence-electron chi connectivity index (χ0n) is 13.7. The largest absolute Gasteiger partial charge is 0.340 e. The molecule has 1 aromatic carbocycles. The Morgan fingerprint density at radius 2 is 2.13 bits per heavy atom. The number of nitrogens with one attached hydrogen (secondary N) is 1. The smallest absolute Gasteiger partial charge is 0.276 e. The number of hydrogen-bond donors (Lipinski definition) is 1. The fourth-order valence-electron chi connectivity index (χ4n) is 3.18. The van der Waals surface area contributed by atoms with Gasteiger partial charge in [0.2, 0.25) is 0 Å². The van der Waals surface area contributed by atoms with Crippen molar-refractivity contribution in [2.45, 2.75) is 19.9 Å². The minimum atomic E-state index is -0.0576. The summed E-state index contributed by atoms with van der Waals surface area (Å²) in [6, 6.07) is 10.5. The Kier molecular flexibility index (Phi) is 4.71. The number of carbonyl (C=O) groups is 1. The number of likely N-dealkylation sites (tertiary alicyclic amines) is 1. The third-order valence-corrected chi connectivity index (χ3v) is 4.42. The first kappa shape index (κ1) is 15.7. The zero-order chi connectivity index (χ0) is 16.2. The van der Waals surface area contributed by atoms with Crippen molar-refractivity contribution in [1.82, 2.24) is 25.2 Å². The number of aryl methyl sites for hydroxylation is 1. The van der Waals surface area contributed by atoms with Gasteiger partial charge < -0.3 is 4.90 Å². The first-order chi connectivity index (χ1) is 11.1. The molecule has 0 aliphatic carbocycles.